The fraction of sp³-hybridized carbons (Fsp3) is 0.167. The molecule has 0 atom stereocenters. The first-order valence-corrected chi connectivity index (χ1v) is 7.84. The van der Waals surface area contributed by atoms with E-state index in [1.165, 1.54) is 7.11 Å². The van der Waals surface area contributed by atoms with E-state index in [1.54, 1.807) is 36.4 Å². The second-order valence-electron chi connectivity index (χ2n) is 5.00. The highest BCUT2D eigenvalue weighted by atomic mass is 32.1. The molecule has 0 aliphatic rings. The minimum absolute atomic E-state index is 0.107. The molecular weight excluding hydrogens is 324 g/mol. The van der Waals surface area contributed by atoms with Gasteiger partial charge in [-0.1, -0.05) is 31.2 Å². The van der Waals surface area contributed by atoms with Crippen molar-refractivity contribution in [2.24, 2.45) is 0 Å². The Morgan fingerprint density at radius 3 is 2.38 bits per heavy atom. The highest BCUT2D eigenvalue weighted by molar-refractivity contribution is 7.80. The normalized spacial score (nSPS) is 9.92. The molecule has 0 unspecified atom stereocenters. The van der Waals surface area contributed by atoms with Crippen LogP contribution < -0.4 is 10.6 Å². The molecule has 0 heterocycles. The van der Waals surface area contributed by atoms with Crippen LogP contribution in [0.3, 0.4) is 0 Å². The molecule has 0 bridgehead atoms. The maximum Gasteiger partial charge on any atom is 0.339 e. The Morgan fingerprint density at radius 2 is 1.75 bits per heavy atom. The Balaban J connectivity index is 2.05. The summed E-state index contributed by atoms with van der Waals surface area (Å²) in [5, 5.41) is 5.55. The standard InChI is InChI=1S/C18H18N2O3S/c1-3-12-8-10-13(11-9-12)16(21)20-18(24)19-15-7-5-4-6-14(15)17(22)23-2/h4-11H,3H2,1-2H3,(H2,19,20,21,24). The zero-order valence-corrected chi connectivity index (χ0v) is 14.3. The van der Waals surface area contributed by atoms with E-state index < -0.39 is 5.97 Å². The number of thiocarbonyl (C=S) groups is 1. The van der Waals surface area contributed by atoms with E-state index in [1.807, 2.05) is 19.1 Å². The summed E-state index contributed by atoms with van der Waals surface area (Å²) in [4.78, 5) is 23.9. The molecule has 0 aliphatic carbocycles. The van der Waals surface area contributed by atoms with Crippen LogP contribution in [-0.4, -0.2) is 24.1 Å². The molecule has 2 N–H and O–H groups in total. The summed E-state index contributed by atoms with van der Waals surface area (Å²) >= 11 is 5.15. The van der Waals surface area contributed by atoms with Gasteiger partial charge < -0.3 is 10.1 Å². The van der Waals surface area contributed by atoms with Crippen LogP contribution in [-0.2, 0) is 11.2 Å². The molecule has 0 fully saturated rings. The van der Waals surface area contributed by atoms with Gasteiger partial charge in [0.05, 0.1) is 18.4 Å². The Kier molecular flexibility index (Phi) is 6.03. The van der Waals surface area contributed by atoms with E-state index >= 15 is 0 Å². The SMILES string of the molecule is CCc1ccc(C(=O)NC(=S)Nc2ccccc2C(=O)OC)cc1. The van der Waals surface area contributed by atoms with Crippen LogP contribution in [0.4, 0.5) is 5.69 Å². The minimum atomic E-state index is -0.484. The van der Waals surface area contributed by atoms with Crippen LogP contribution in [0, 0.1) is 0 Å². The lowest BCUT2D eigenvalue weighted by atomic mass is 10.1. The van der Waals surface area contributed by atoms with Gasteiger partial charge in [-0.3, -0.25) is 10.1 Å². The van der Waals surface area contributed by atoms with Crippen LogP contribution in [0.25, 0.3) is 0 Å². The van der Waals surface area contributed by atoms with Gasteiger partial charge in [0, 0.05) is 5.56 Å². The summed E-state index contributed by atoms with van der Waals surface area (Å²) in [5.41, 5.74) is 2.47. The number of aryl methyl sites for hydroxylation is 1. The predicted octanol–water partition coefficient (Wildman–Crippen LogP) is 3.16. The number of hydrogen-bond donors (Lipinski definition) is 2. The maximum atomic E-state index is 12.2. The lowest BCUT2D eigenvalue weighted by Crippen LogP contribution is -2.34. The molecule has 0 aliphatic heterocycles. The first-order valence-electron chi connectivity index (χ1n) is 7.43. The van der Waals surface area contributed by atoms with Crippen LogP contribution in [0.15, 0.2) is 48.5 Å². The molecule has 5 nitrogen and oxygen atoms in total. The molecule has 1 amide bonds. The van der Waals surface area contributed by atoms with Crippen molar-refractivity contribution in [1.82, 2.24) is 5.32 Å². The lowest BCUT2D eigenvalue weighted by molar-refractivity contribution is 0.0602. The van der Waals surface area contributed by atoms with Crippen molar-refractivity contribution in [3.63, 3.8) is 0 Å². The monoisotopic (exact) mass is 342 g/mol. The molecule has 0 saturated heterocycles. The molecule has 2 aromatic rings. The van der Waals surface area contributed by atoms with Crippen molar-refractivity contribution in [3.8, 4) is 0 Å². The molecular formula is C18H18N2O3S. The lowest BCUT2D eigenvalue weighted by Gasteiger charge is -2.12. The summed E-state index contributed by atoms with van der Waals surface area (Å²) in [6, 6.07) is 14.1. The number of benzene rings is 2. The Labute approximate surface area is 146 Å². The number of amides is 1. The van der Waals surface area contributed by atoms with E-state index in [0.29, 0.717) is 16.8 Å². The highest BCUT2D eigenvalue weighted by Gasteiger charge is 2.13. The van der Waals surface area contributed by atoms with Crippen molar-refractivity contribution in [2.75, 3.05) is 12.4 Å². The topological polar surface area (TPSA) is 67.4 Å². The molecule has 2 rings (SSSR count). The Morgan fingerprint density at radius 1 is 1.08 bits per heavy atom. The van der Waals surface area contributed by atoms with Gasteiger partial charge in [0.1, 0.15) is 0 Å². The van der Waals surface area contributed by atoms with E-state index in [4.69, 9.17) is 17.0 Å². The predicted molar refractivity (Wildman–Crippen MR) is 97.3 cm³/mol. The Bertz CT molecular complexity index is 757. The van der Waals surface area contributed by atoms with Gasteiger partial charge in [-0.25, -0.2) is 4.79 Å². The molecule has 0 radical (unpaired) electrons. The third-order valence-corrected chi connectivity index (χ3v) is 3.64. The summed E-state index contributed by atoms with van der Waals surface area (Å²) in [5.74, 6) is -0.798. The number of hydrogen-bond acceptors (Lipinski definition) is 4. The summed E-state index contributed by atoms with van der Waals surface area (Å²) in [6.07, 6.45) is 0.909. The van der Waals surface area contributed by atoms with Gasteiger partial charge in [-0.15, -0.1) is 0 Å². The summed E-state index contributed by atoms with van der Waals surface area (Å²) in [6.45, 7) is 2.05. The largest absolute Gasteiger partial charge is 0.465 e. The minimum Gasteiger partial charge on any atom is -0.465 e. The second kappa shape index (κ2) is 8.21. The van der Waals surface area contributed by atoms with Gasteiger partial charge in [0.2, 0.25) is 0 Å². The van der Waals surface area contributed by atoms with Crippen molar-refractivity contribution in [2.45, 2.75) is 13.3 Å². The molecule has 6 heteroatoms. The van der Waals surface area contributed by atoms with Crippen molar-refractivity contribution >= 4 is 34.9 Å². The molecule has 0 spiro atoms. The van der Waals surface area contributed by atoms with Crippen molar-refractivity contribution in [1.29, 1.82) is 0 Å². The zero-order valence-electron chi connectivity index (χ0n) is 13.5. The molecule has 124 valence electrons. The molecule has 24 heavy (non-hydrogen) atoms. The van der Waals surface area contributed by atoms with Gasteiger partial charge in [0.15, 0.2) is 5.11 Å². The third-order valence-electron chi connectivity index (χ3n) is 3.43. The van der Waals surface area contributed by atoms with Crippen LogP contribution in [0.2, 0.25) is 0 Å². The van der Waals surface area contributed by atoms with Crippen LogP contribution in [0.1, 0.15) is 33.2 Å². The number of methoxy groups -OCH3 is 1. The third kappa shape index (κ3) is 4.39. The highest BCUT2D eigenvalue weighted by Crippen LogP contribution is 2.16. The van der Waals surface area contributed by atoms with E-state index in [-0.39, 0.29) is 11.0 Å². The van der Waals surface area contributed by atoms with Crippen LogP contribution in [0.5, 0.6) is 0 Å². The fourth-order valence-corrected chi connectivity index (χ4v) is 2.30. The van der Waals surface area contributed by atoms with Crippen LogP contribution >= 0.6 is 12.2 Å². The van der Waals surface area contributed by atoms with E-state index in [9.17, 15) is 9.59 Å². The average Bonchev–Trinajstić information content (AvgIpc) is 2.61. The summed E-state index contributed by atoms with van der Waals surface area (Å²) in [7, 11) is 1.30. The molecule has 0 aromatic heterocycles. The van der Waals surface area contributed by atoms with Gasteiger partial charge in [-0.05, 0) is 48.5 Å². The first kappa shape index (κ1) is 17.6. The zero-order chi connectivity index (χ0) is 17.5. The number of anilines is 1. The maximum absolute atomic E-state index is 12.2. The smallest absolute Gasteiger partial charge is 0.339 e. The van der Waals surface area contributed by atoms with Gasteiger partial charge in [-0.2, -0.15) is 0 Å². The number of esters is 1. The van der Waals surface area contributed by atoms with Gasteiger partial charge >= 0.3 is 5.97 Å². The average molecular weight is 342 g/mol. The number of ether oxygens (including phenoxy) is 1. The number of carbonyl (C=O) groups is 2. The fourth-order valence-electron chi connectivity index (χ4n) is 2.10. The first-order chi connectivity index (χ1) is 11.5. The summed E-state index contributed by atoms with van der Waals surface area (Å²) < 4.78 is 4.72. The van der Waals surface area contributed by atoms with Crippen molar-refractivity contribution < 1.29 is 14.3 Å². The number of rotatable bonds is 4. The number of nitrogens with one attached hydrogen (secondary N) is 2. The van der Waals surface area contributed by atoms with Crippen molar-refractivity contribution in [3.05, 3.63) is 65.2 Å². The number of para-hydroxylation sites is 1. The second-order valence-corrected chi connectivity index (χ2v) is 5.40. The Hall–Kier alpha value is -2.73. The molecule has 0 saturated carbocycles. The molecule has 2 aromatic carbocycles. The van der Waals surface area contributed by atoms with Gasteiger partial charge in [0.25, 0.3) is 5.91 Å². The number of carbonyl (C=O) groups excluding carboxylic acids is 2. The van der Waals surface area contributed by atoms with E-state index in [2.05, 4.69) is 10.6 Å². The quantitative estimate of drug-likeness (QED) is 0.660. The van der Waals surface area contributed by atoms with E-state index in [0.717, 1.165) is 12.0 Å².